The first kappa shape index (κ1) is 9.46. The molecule has 0 N–H and O–H groups in total. The molecule has 0 aliphatic rings. The van der Waals surface area contributed by atoms with E-state index in [1.165, 1.54) is 5.56 Å². The van der Waals surface area contributed by atoms with Gasteiger partial charge in [0, 0.05) is 23.4 Å². The summed E-state index contributed by atoms with van der Waals surface area (Å²) in [5.74, 6) is 1.05. The summed E-state index contributed by atoms with van der Waals surface area (Å²) in [5, 5.41) is 0. The Hall–Kier alpha value is -1.09. The molecule has 14 heavy (non-hydrogen) atoms. The van der Waals surface area contributed by atoms with Crippen LogP contribution in [0.25, 0.3) is 0 Å². The molecular weight excluding hydrogens is 240 g/mol. The van der Waals surface area contributed by atoms with Crippen LogP contribution in [0.5, 0.6) is 0 Å². The number of aryl methyl sites for hydroxylation is 1. The molecule has 3 heteroatoms. The number of hydrogen-bond acceptors (Lipinski definition) is 1. The predicted molar refractivity (Wildman–Crippen MR) is 60.2 cm³/mol. The lowest BCUT2D eigenvalue weighted by Crippen LogP contribution is -2.00. The van der Waals surface area contributed by atoms with Gasteiger partial charge in [0.05, 0.1) is 0 Å². The molecule has 0 saturated carbocycles. The van der Waals surface area contributed by atoms with Crippen molar-refractivity contribution in [3.63, 3.8) is 0 Å². The van der Waals surface area contributed by atoms with Gasteiger partial charge in [0.2, 0.25) is 0 Å². The average molecular weight is 251 g/mol. The van der Waals surface area contributed by atoms with Crippen LogP contribution in [0.2, 0.25) is 0 Å². The molecule has 2 rings (SSSR count). The first-order valence-corrected chi connectivity index (χ1v) is 5.27. The number of halogens is 1. The summed E-state index contributed by atoms with van der Waals surface area (Å²) in [6.45, 7) is 2.89. The number of hydrogen-bond donors (Lipinski definition) is 0. The minimum Gasteiger partial charge on any atom is -0.331 e. The third-order valence-corrected chi connectivity index (χ3v) is 2.66. The van der Waals surface area contributed by atoms with Gasteiger partial charge in [-0.25, -0.2) is 4.98 Å². The van der Waals surface area contributed by atoms with E-state index in [1.54, 1.807) is 0 Å². The van der Waals surface area contributed by atoms with Crippen LogP contribution in [0.4, 0.5) is 0 Å². The molecule has 1 heterocycles. The molecule has 0 aliphatic carbocycles. The van der Waals surface area contributed by atoms with E-state index in [1.807, 2.05) is 31.5 Å². The van der Waals surface area contributed by atoms with Crippen molar-refractivity contribution in [1.82, 2.24) is 9.55 Å². The van der Waals surface area contributed by atoms with Gasteiger partial charge in [-0.3, -0.25) is 0 Å². The van der Waals surface area contributed by atoms with E-state index in [-0.39, 0.29) is 0 Å². The Kier molecular flexibility index (Phi) is 2.68. The monoisotopic (exact) mass is 250 g/mol. The Bertz CT molecular complexity index is 434. The second kappa shape index (κ2) is 3.96. The molecule has 2 nitrogen and oxygen atoms in total. The summed E-state index contributed by atoms with van der Waals surface area (Å²) in [6, 6.07) is 8.32. The van der Waals surface area contributed by atoms with Crippen molar-refractivity contribution in [2.24, 2.45) is 0 Å². The van der Waals surface area contributed by atoms with Gasteiger partial charge in [0.15, 0.2) is 0 Å². The lowest BCUT2D eigenvalue weighted by molar-refractivity contribution is 0.761. The van der Waals surface area contributed by atoms with Gasteiger partial charge < -0.3 is 4.57 Å². The fraction of sp³-hybridized carbons (Fsp3) is 0.182. The highest BCUT2D eigenvalue weighted by Crippen LogP contribution is 2.13. The summed E-state index contributed by atoms with van der Waals surface area (Å²) >= 11 is 3.46. The Morgan fingerprint density at radius 2 is 2.29 bits per heavy atom. The lowest BCUT2D eigenvalue weighted by atomic mass is 10.2. The Morgan fingerprint density at radius 1 is 1.43 bits per heavy atom. The zero-order chi connectivity index (χ0) is 9.97. The van der Waals surface area contributed by atoms with E-state index in [9.17, 15) is 0 Å². The molecule has 0 atom stereocenters. The molecule has 1 aromatic heterocycles. The van der Waals surface area contributed by atoms with Crippen LogP contribution in [0, 0.1) is 6.92 Å². The zero-order valence-electron chi connectivity index (χ0n) is 7.94. The summed E-state index contributed by atoms with van der Waals surface area (Å²) in [7, 11) is 0. The van der Waals surface area contributed by atoms with Gasteiger partial charge in [0.1, 0.15) is 5.82 Å². The van der Waals surface area contributed by atoms with Gasteiger partial charge in [-0.1, -0.05) is 28.1 Å². The number of benzene rings is 1. The van der Waals surface area contributed by atoms with Gasteiger partial charge in [-0.2, -0.15) is 0 Å². The number of rotatable bonds is 2. The summed E-state index contributed by atoms with van der Waals surface area (Å²) in [4.78, 5) is 4.19. The Balaban J connectivity index is 2.23. The maximum Gasteiger partial charge on any atom is 0.105 e. The van der Waals surface area contributed by atoms with E-state index < -0.39 is 0 Å². The normalized spacial score (nSPS) is 10.4. The molecule has 0 spiro atoms. The smallest absolute Gasteiger partial charge is 0.105 e. The van der Waals surface area contributed by atoms with Crippen LogP contribution in [-0.4, -0.2) is 9.55 Å². The third-order valence-electron chi connectivity index (χ3n) is 2.17. The third kappa shape index (κ3) is 2.04. The Morgan fingerprint density at radius 3 is 2.93 bits per heavy atom. The van der Waals surface area contributed by atoms with Crippen molar-refractivity contribution in [3.8, 4) is 0 Å². The van der Waals surface area contributed by atoms with Gasteiger partial charge in [-0.05, 0) is 24.6 Å². The van der Waals surface area contributed by atoms with Crippen LogP contribution >= 0.6 is 15.9 Å². The molecule has 1 aromatic carbocycles. The van der Waals surface area contributed by atoms with Crippen LogP contribution in [0.15, 0.2) is 41.1 Å². The zero-order valence-corrected chi connectivity index (χ0v) is 9.53. The predicted octanol–water partition coefficient (Wildman–Crippen LogP) is 3.00. The van der Waals surface area contributed by atoms with Gasteiger partial charge in [0.25, 0.3) is 0 Å². The van der Waals surface area contributed by atoms with Gasteiger partial charge >= 0.3 is 0 Å². The standard InChI is InChI=1S/C11H11BrN2/c1-9-13-5-6-14(9)8-10-3-2-4-11(12)7-10/h2-7H,8H2,1H3. The second-order valence-electron chi connectivity index (χ2n) is 3.23. The minimum absolute atomic E-state index is 0.880. The molecule has 72 valence electrons. The van der Waals surface area contributed by atoms with Crippen LogP contribution < -0.4 is 0 Å². The van der Waals surface area contributed by atoms with Crippen molar-refractivity contribution >= 4 is 15.9 Å². The molecule has 0 bridgehead atoms. The van der Waals surface area contributed by atoms with E-state index in [2.05, 4.69) is 37.6 Å². The van der Waals surface area contributed by atoms with E-state index in [4.69, 9.17) is 0 Å². The highest BCUT2D eigenvalue weighted by molar-refractivity contribution is 9.10. The average Bonchev–Trinajstić information content (AvgIpc) is 2.52. The molecular formula is C11H11BrN2. The number of imidazole rings is 1. The maximum atomic E-state index is 4.19. The van der Waals surface area contributed by atoms with Crippen molar-refractivity contribution in [3.05, 3.63) is 52.5 Å². The summed E-state index contributed by atoms with van der Waals surface area (Å²) in [5.41, 5.74) is 1.28. The SMILES string of the molecule is Cc1nccn1Cc1cccc(Br)c1. The molecule has 0 fully saturated rings. The van der Waals surface area contributed by atoms with Crippen molar-refractivity contribution < 1.29 is 0 Å². The second-order valence-corrected chi connectivity index (χ2v) is 4.15. The number of aromatic nitrogens is 2. The van der Waals surface area contributed by atoms with E-state index >= 15 is 0 Å². The highest BCUT2D eigenvalue weighted by atomic mass is 79.9. The van der Waals surface area contributed by atoms with Crippen molar-refractivity contribution in [1.29, 1.82) is 0 Å². The lowest BCUT2D eigenvalue weighted by Gasteiger charge is -2.05. The summed E-state index contributed by atoms with van der Waals surface area (Å²) < 4.78 is 3.25. The molecule has 0 aliphatic heterocycles. The van der Waals surface area contributed by atoms with Crippen LogP contribution in [0.1, 0.15) is 11.4 Å². The van der Waals surface area contributed by atoms with Gasteiger partial charge in [-0.15, -0.1) is 0 Å². The van der Waals surface area contributed by atoms with Crippen LogP contribution in [0.3, 0.4) is 0 Å². The Labute approximate surface area is 91.7 Å². The molecule has 0 unspecified atom stereocenters. The summed E-state index contributed by atoms with van der Waals surface area (Å²) in [6.07, 6.45) is 3.82. The molecule has 0 radical (unpaired) electrons. The van der Waals surface area contributed by atoms with E-state index in [0.717, 1.165) is 16.8 Å². The van der Waals surface area contributed by atoms with E-state index in [0.29, 0.717) is 0 Å². The highest BCUT2D eigenvalue weighted by Gasteiger charge is 1.98. The first-order valence-electron chi connectivity index (χ1n) is 4.48. The quantitative estimate of drug-likeness (QED) is 0.802. The largest absolute Gasteiger partial charge is 0.331 e. The molecule has 0 saturated heterocycles. The topological polar surface area (TPSA) is 17.8 Å². The van der Waals surface area contributed by atoms with Crippen molar-refractivity contribution in [2.75, 3.05) is 0 Å². The minimum atomic E-state index is 0.880. The molecule has 0 amide bonds. The molecule has 2 aromatic rings. The van der Waals surface area contributed by atoms with Crippen LogP contribution in [-0.2, 0) is 6.54 Å². The fourth-order valence-corrected chi connectivity index (χ4v) is 1.85. The van der Waals surface area contributed by atoms with Crippen molar-refractivity contribution in [2.45, 2.75) is 13.5 Å². The fourth-order valence-electron chi connectivity index (χ4n) is 1.40. The number of nitrogens with zero attached hydrogens (tertiary/aromatic N) is 2. The maximum absolute atomic E-state index is 4.19. The first-order chi connectivity index (χ1) is 6.75.